The van der Waals surface area contributed by atoms with Crippen LogP contribution in [0, 0.1) is 0 Å². The number of nitrogens with one attached hydrogen (secondary N) is 2. The summed E-state index contributed by atoms with van der Waals surface area (Å²) in [6.07, 6.45) is 3.51. The normalized spacial score (nSPS) is 10.7. The highest BCUT2D eigenvalue weighted by molar-refractivity contribution is 5.44. The maximum atomic E-state index is 5.76. The van der Waals surface area contributed by atoms with E-state index in [1.54, 1.807) is 0 Å². The molecule has 0 aliphatic heterocycles. The first-order chi connectivity index (χ1) is 16.3. The summed E-state index contributed by atoms with van der Waals surface area (Å²) in [5.74, 6) is 1.80. The number of hydrogen-bond acceptors (Lipinski definition) is 8. The highest BCUT2D eigenvalue weighted by Crippen LogP contribution is 2.15. The van der Waals surface area contributed by atoms with E-state index in [-0.39, 0.29) is 0 Å². The molecule has 0 bridgehead atoms. The van der Waals surface area contributed by atoms with Gasteiger partial charge in [-0.3, -0.25) is 0 Å². The standard InChI is InChI=1S/C25H36N8/c26-15-7-19-33(20-8-16-27)25-31-23(28-17-13-21-9-3-1-4-10-21)30-24(32-25)29-18-14-22-11-5-2-6-12-22/h1-6,9-12H,7-8,13-20,26-27H2,(H2,28,29,30,31,32). The van der Waals surface area contributed by atoms with E-state index in [2.05, 4.69) is 69.0 Å². The van der Waals surface area contributed by atoms with Crippen molar-refractivity contribution >= 4 is 17.8 Å². The SMILES string of the molecule is NCCCN(CCCN)c1nc(NCCc2ccccc2)nc(NCCc2ccccc2)n1. The molecule has 176 valence electrons. The fourth-order valence-corrected chi connectivity index (χ4v) is 3.47. The van der Waals surface area contributed by atoms with E-state index in [4.69, 9.17) is 21.4 Å². The molecule has 0 saturated heterocycles. The predicted molar refractivity (Wildman–Crippen MR) is 137 cm³/mol. The van der Waals surface area contributed by atoms with Crippen molar-refractivity contribution in [2.45, 2.75) is 25.7 Å². The molecule has 2 aromatic carbocycles. The second-order valence-electron chi connectivity index (χ2n) is 7.88. The van der Waals surface area contributed by atoms with Gasteiger partial charge in [0.15, 0.2) is 0 Å². The summed E-state index contributed by atoms with van der Waals surface area (Å²) in [7, 11) is 0. The smallest absolute Gasteiger partial charge is 0.231 e. The summed E-state index contributed by atoms with van der Waals surface area (Å²) < 4.78 is 0. The molecule has 3 aromatic rings. The molecule has 0 aliphatic carbocycles. The number of anilines is 3. The average Bonchev–Trinajstić information content (AvgIpc) is 2.85. The average molecular weight is 449 g/mol. The van der Waals surface area contributed by atoms with Crippen LogP contribution in [0.3, 0.4) is 0 Å². The van der Waals surface area contributed by atoms with Crippen molar-refractivity contribution in [3.05, 3.63) is 71.8 Å². The minimum Gasteiger partial charge on any atom is -0.354 e. The quantitative estimate of drug-likeness (QED) is 0.280. The van der Waals surface area contributed by atoms with E-state index in [0.29, 0.717) is 30.9 Å². The van der Waals surface area contributed by atoms with Crippen LogP contribution in [0.2, 0.25) is 0 Å². The van der Waals surface area contributed by atoms with Crippen molar-refractivity contribution in [3.63, 3.8) is 0 Å². The molecule has 8 heteroatoms. The summed E-state index contributed by atoms with van der Waals surface area (Å²) >= 11 is 0. The zero-order valence-corrected chi connectivity index (χ0v) is 19.3. The summed E-state index contributed by atoms with van der Waals surface area (Å²) in [6, 6.07) is 20.8. The van der Waals surface area contributed by atoms with E-state index < -0.39 is 0 Å². The van der Waals surface area contributed by atoms with Gasteiger partial charge in [-0.05, 0) is 49.9 Å². The molecule has 0 amide bonds. The minimum absolute atomic E-state index is 0.573. The molecule has 0 radical (unpaired) electrons. The van der Waals surface area contributed by atoms with Crippen molar-refractivity contribution in [3.8, 4) is 0 Å². The Kier molecular flexibility index (Phi) is 10.4. The Morgan fingerprint density at radius 1 is 0.636 bits per heavy atom. The maximum Gasteiger partial charge on any atom is 0.231 e. The lowest BCUT2D eigenvalue weighted by molar-refractivity contribution is 0.683. The zero-order chi connectivity index (χ0) is 23.1. The molecule has 0 saturated carbocycles. The molecule has 0 aliphatic rings. The maximum absolute atomic E-state index is 5.76. The number of nitrogens with zero attached hydrogens (tertiary/aromatic N) is 4. The van der Waals surface area contributed by atoms with Gasteiger partial charge < -0.3 is 27.0 Å². The number of hydrogen-bond donors (Lipinski definition) is 4. The Bertz CT molecular complexity index is 848. The van der Waals surface area contributed by atoms with Gasteiger partial charge in [0.1, 0.15) is 0 Å². The first kappa shape index (κ1) is 24.4. The molecule has 6 N–H and O–H groups in total. The van der Waals surface area contributed by atoms with E-state index in [1.807, 2.05) is 12.1 Å². The fraction of sp³-hybridized carbons (Fsp3) is 0.400. The number of benzene rings is 2. The monoisotopic (exact) mass is 448 g/mol. The van der Waals surface area contributed by atoms with Gasteiger partial charge >= 0.3 is 0 Å². The lowest BCUT2D eigenvalue weighted by atomic mass is 10.1. The fourth-order valence-electron chi connectivity index (χ4n) is 3.47. The van der Waals surface area contributed by atoms with Crippen LogP contribution >= 0.6 is 0 Å². The first-order valence-electron chi connectivity index (χ1n) is 11.7. The molecule has 0 spiro atoms. The Balaban J connectivity index is 1.71. The van der Waals surface area contributed by atoms with Crippen LogP contribution in [0.4, 0.5) is 17.8 Å². The molecule has 0 fully saturated rings. The van der Waals surface area contributed by atoms with Crippen LogP contribution in [0.25, 0.3) is 0 Å². The van der Waals surface area contributed by atoms with Crippen LogP contribution in [0.5, 0.6) is 0 Å². The van der Waals surface area contributed by atoms with Gasteiger partial charge in [-0.15, -0.1) is 0 Å². The van der Waals surface area contributed by atoms with Crippen LogP contribution in [-0.4, -0.2) is 54.2 Å². The lowest BCUT2D eigenvalue weighted by Gasteiger charge is -2.23. The van der Waals surface area contributed by atoms with Crippen molar-refractivity contribution in [2.24, 2.45) is 11.5 Å². The molecule has 8 nitrogen and oxygen atoms in total. The number of rotatable bonds is 15. The summed E-state index contributed by atoms with van der Waals surface area (Å²) in [5, 5.41) is 6.74. The number of nitrogens with two attached hydrogens (primary N) is 2. The Morgan fingerprint density at radius 2 is 1.09 bits per heavy atom. The lowest BCUT2D eigenvalue weighted by Crippen LogP contribution is -2.31. The zero-order valence-electron chi connectivity index (χ0n) is 19.3. The van der Waals surface area contributed by atoms with Gasteiger partial charge in [-0.1, -0.05) is 60.7 Å². The van der Waals surface area contributed by atoms with Crippen molar-refractivity contribution < 1.29 is 0 Å². The second-order valence-corrected chi connectivity index (χ2v) is 7.88. The highest BCUT2D eigenvalue weighted by Gasteiger charge is 2.13. The Labute approximate surface area is 196 Å². The largest absolute Gasteiger partial charge is 0.354 e. The van der Waals surface area contributed by atoms with Gasteiger partial charge in [0, 0.05) is 26.2 Å². The first-order valence-corrected chi connectivity index (χ1v) is 11.7. The third-order valence-corrected chi connectivity index (χ3v) is 5.25. The van der Waals surface area contributed by atoms with Crippen LogP contribution in [0.1, 0.15) is 24.0 Å². The highest BCUT2D eigenvalue weighted by atomic mass is 15.3. The Morgan fingerprint density at radius 3 is 1.52 bits per heavy atom. The van der Waals surface area contributed by atoms with Crippen LogP contribution in [0.15, 0.2) is 60.7 Å². The van der Waals surface area contributed by atoms with Gasteiger partial charge in [0.2, 0.25) is 17.8 Å². The molecule has 3 rings (SSSR count). The van der Waals surface area contributed by atoms with Gasteiger partial charge in [-0.25, -0.2) is 0 Å². The summed E-state index contributed by atoms with van der Waals surface area (Å²) in [4.78, 5) is 16.2. The van der Waals surface area contributed by atoms with Crippen LogP contribution < -0.4 is 27.0 Å². The van der Waals surface area contributed by atoms with E-state index >= 15 is 0 Å². The van der Waals surface area contributed by atoms with Crippen molar-refractivity contribution in [1.82, 2.24) is 15.0 Å². The van der Waals surface area contributed by atoms with Crippen molar-refractivity contribution in [1.29, 1.82) is 0 Å². The second kappa shape index (κ2) is 14.0. The molecular formula is C25H36N8. The van der Waals surface area contributed by atoms with Gasteiger partial charge in [0.25, 0.3) is 0 Å². The minimum atomic E-state index is 0.573. The predicted octanol–water partition coefficient (Wildman–Crippen LogP) is 2.68. The van der Waals surface area contributed by atoms with E-state index in [1.165, 1.54) is 11.1 Å². The molecular weight excluding hydrogens is 412 g/mol. The van der Waals surface area contributed by atoms with E-state index in [9.17, 15) is 0 Å². The molecule has 1 aromatic heterocycles. The third-order valence-electron chi connectivity index (χ3n) is 5.25. The van der Waals surface area contributed by atoms with Gasteiger partial charge in [0.05, 0.1) is 0 Å². The van der Waals surface area contributed by atoms with Crippen LogP contribution in [-0.2, 0) is 12.8 Å². The van der Waals surface area contributed by atoms with E-state index in [0.717, 1.165) is 51.9 Å². The molecule has 0 unspecified atom stereocenters. The topological polar surface area (TPSA) is 118 Å². The Hall–Kier alpha value is -3.23. The van der Waals surface area contributed by atoms with Gasteiger partial charge in [-0.2, -0.15) is 15.0 Å². The molecule has 0 atom stereocenters. The third kappa shape index (κ3) is 8.67. The molecule has 33 heavy (non-hydrogen) atoms. The number of aromatic nitrogens is 3. The van der Waals surface area contributed by atoms with Crippen molar-refractivity contribution in [2.75, 3.05) is 54.8 Å². The molecule has 1 heterocycles. The summed E-state index contributed by atoms with van der Waals surface area (Å²) in [5.41, 5.74) is 14.1. The summed E-state index contributed by atoms with van der Waals surface area (Å²) in [6.45, 7) is 4.29.